The lowest BCUT2D eigenvalue weighted by molar-refractivity contribution is 0.252. The first-order valence-electron chi connectivity index (χ1n) is 5.51. The summed E-state index contributed by atoms with van der Waals surface area (Å²) >= 11 is 0. The maximum Gasteiger partial charge on any atom is 0.115 e. The number of aliphatic hydroxyl groups excluding tert-OH is 1. The van der Waals surface area contributed by atoms with Crippen LogP contribution in [-0.4, -0.2) is 16.8 Å². The first kappa shape index (κ1) is 10.5. The van der Waals surface area contributed by atoms with Crippen LogP contribution in [0.1, 0.15) is 25.8 Å². The lowest BCUT2D eigenvalue weighted by atomic mass is 9.83. The molecule has 2 atom stereocenters. The van der Waals surface area contributed by atoms with Crippen LogP contribution in [0.25, 0.3) is 0 Å². The standard InChI is InChI=1S/C13H18O2/c1-9(2)13(7-11(13)8-14)10-3-5-12(15)6-4-10/h3-6,9,11,14-15H,7-8H2,1-2H3. The zero-order chi connectivity index (χ0) is 11.1. The third kappa shape index (κ3) is 1.53. The SMILES string of the molecule is CC(C)C1(c2ccc(O)cc2)CC1CO. The highest BCUT2D eigenvalue weighted by atomic mass is 16.3. The third-order valence-corrected chi connectivity index (χ3v) is 3.81. The minimum absolute atomic E-state index is 0.141. The van der Waals surface area contributed by atoms with Gasteiger partial charge in [-0.15, -0.1) is 0 Å². The topological polar surface area (TPSA) is 40.5 Å². The molecule has 2 N–H and O–H groups in total. The Morgan fingerprint density at radius 3 is 2.33 bits per heavy atom. The highest BCUT2D eigenvalue weighted by Gasteiger charge is 2.56. The summed E-state index contributed by atoms with van der Waals surface area (Å²) in [7, 11) is 0. The number of phenolic OH excluding ortho intramolecular Hbond substituents is 1. The lowest BCUT2D eigenvalue weighted by Crippen LogP contribution is -2.19. The molecule has 1 saturated carbocycles. The van der Waals surface area contributed by atoms with E-state index in [1.54, 1.807) is 12.1 Å². The Hall–Kier alpha value is -1.02. The Morgan fingerprint density at radius 2 is 1.93 bits per heavy atom. The van der Waals surface area contributed by atoms with Crippen LogP contribution in [-0.2, 0) is 5.41 Å². The number of aliphatic hydroxyl groups is 1. The molecular weight excluding hydrogens is 188 g/mol. The summed E-state index contributed by atoms with van der Waals surface area (Å²) in [4.78, 5) is 0. The van der Waals surface area contributed by atoms with Gasteiger partial charge >= 0.3 is 0 Å². The van der Waals surface area contributed by atoms with Crippen molar-refractivity contribution >= 4 is 0 Å². The fourth-order valence-corrected chi connectivity index (χ4v) is 2.74. The largest absolute Gasteiger partial charge is 0.508 e. The number of hydrogen-bond acceptors (Lipinski definition) is 2. The molecule has 2 rings (SSSR count). The van der Waals surface area contributed by atoms with Crippen LogP contribution in [0.3, 0.4) is 0 Å². The number of benzene rings is 1. The molecule has 0 bridgehead atoms. The van der Waals surface area contributed by atoms with Gasteiger partial charge in [0.15, 0.2) is 0 Å². The molecule has 1 aromatic rings. The average Bonchev–Trinajstić information content (AvgIpc) is 2.94. The molecule has 1 aliphatic carbocycles. The van der Waals surface area contributed by atoms with Gasteiger partial charge in [0.25, 0.3) is 0 Å². The van der Waals surface area contributed by atoms with Crippen molar-refractivity contribution in [2.45, 2.75) is 25.7 Å². The maximum atomic E-state index is 9.26. The first-order chi connectivity index (χ1) is 7.11. The van der Waals surface area contributed by atoms with E-state index >= 15 is 0 Å². The van der Waals surface area contributed by atoms with Crippen molar-refractivity contribution in [1.29, 1.82) is 0 Å². The molecule has 0 spiro atoms. The summed E-state index contributed by atoms with van der Waals surface area (Å²) in [6.07, 6.45) is 1.06. The van der Waals surface area contributed by atoms with E-state index in [9.17, 15) is 10.2 Å². The summed E-state index contributed by atoms with van der Waals surface area (Å²) in [5, 5.41) is 18.5. The quantitative estimate of drug-likeness (QED) is 0.796. The summed E-state index contributed by atoms with van der Waals surface area (Å²) in [5.41, 5.74) is 1.39. The van der Waals surface area contributed by atoms with Crippen LogP contribution in [0.4, 0.5) is 0 Å². The Morgan fingerprint density at radius 1 is 1.33 bits per heavy atom. The van der Waals surface area contributed by atoms with Gasteiger partial charge in [0.2, 0.25) is 0 Å². The van der Waals surface area contributed by atoms with Crippen molar-refractivity contribution in [2.24, 2.45) is 11.8 Å². The molecule has 1 aliphatic rings. The third-order valence-electron chi connectivity index (χ3n) is 3.81. The Labute approximate surface area is 90.6 Å². The first-order valence-corrected chi connectivity index (χ1v) is 5.51. The Balaban J connectivity index is 2.32. The van der Waals surface area contributed by atoms with Gasteiger partial charge in [-0.05, 0) is 36.0 Å². The van der Waals surface area contributed by atoms with Crippen LogP contribution >= 0.6 is 0 Å². The monoisotopic (exact) mass is 206 g/mol. The zero-order valence-corrected chi connectivity index (χ0v) is 9.27. The van der Waals surface area contributed by atoms with E-state index in [0.717, 1.165) is 6.42 Å². The molecule has 0 amide bonds. The minimum atomic E-state index is 0.141. The van der Waals surface area contributed by atoms with Crippen LogP contribution in [0, 0.1) is 11.8 Å². The van der Waals surface area contributed by atoms with E-state index in [4.69, 9.17) is 0 Å². The van der Waals surface area contributed by atoms with Crippen molar-refractivity contribution in [3.05, 3.63) is 29.8 Å². The summed E-state index contributed by atoms with van der Waals surface area (Å²) in [6, 6.07) is 7.41. The van der Waals surface area contributed by atoms with Gasteiger partial charge in [-0.25, -0.2) is 0 Å². The van der Waals surface area contributed by atoms with Crippen molar-refractivity contribution in [3.8, 4) is 5.75 Å². The van der Waals surface area contributed by atoms with E-state index in [1.807, 2.05) is 12.1 Å². The molecule has 0 heterocycles. The molecule has 0 saturated heterocycles. The van der Waals surface area contributed by atoms with Crippen molar-refractivity contribution in [3.63, 3.8) is 0 Å². The second-order valence-corrected chi connectivity index (χ2v) is 4.83. The van der Waals surface area contributed by atoms with Gasteiger partial charge in [0.1, 0.15) is 5.75 Å². The maximum absolute atomic E-state index is 9.26. The van der Waals surface area contributed by atoms with Crippen molar-refractivity contribution in [1.82, 2.24) is 0 Å². The second-order valence-electron chi connectivity index (χ2n) is 4.83. The molecule has 1 aromatic carbocycles. The van der Waals surface area contributed by atoms with E-state index in [1.165, 1.54) is 5.56 Å². The highest BCUT2D eigenvalue weighted by Crippen LogP contribution is 2.58. The molecule has 0 radical (unpaired) electrons. The highest BCUT2D eigenvalue weighted by molar-refractivity contribution is 5.38. The normalized spacial score (nSPS) is 29.5. The zero-order valence-electron chi connectivity index (χ0n) is 9.27. The number of aromatic hydroxyl groups is 1. The minimum Gasteiger partial charge on any atom is -0.508 e. The smallest absolute Gasteiger partial charge is 0.115 e. The van der Waals surface area contributed by atoms with Gasteiger partial charge in [-0.1, -0.05) is 26.0 Å². The predicted molar refractivity (Wildman–Crippen MR) is 59.8 cm³/mol. The van der Waals surface area contributed by atoms with Gasteiger partial charge in [-0.2, -0.15) is 0 Å². The average molecular weight is 206 g/mol. The molecule has 2 unspecified atom stereocenters. The van der Waals surface area contributed by atoms with Gasteiger partial charge < -0.3 is 10.2 Å². The predicted octanol–water partition coefficient (Wildman–Crippen LogP) is 2.30. The van der Waals surface area contributed by atoms with Crippen LogP contribution in [0.2, 0.25) is 0 Å². The van der Waals surface area contributed by atoms with Crippen molar-refractivity contribution < 1.29 is 10.2 Å². The fraction of sp³-hybridized carbons (Fsp3) is 0.538. The Kier molecular flexibility index (Phi) is 2.47. The summed E-state index contributed by atoms with van der Waals surface area (Å²) in [6.45, 7) is 4.66. The lowest BCUT2D eigenvalue weighted by Gasteiger charge is -2.22. The van der Waals surface area contributed by atoms with Crippen LogP contribution < -0.4 is 0 Å². The summed E-state index contributed by atoms with van der Waals surface area (Å²) < 4.78 is 0. The van der Waals surface area contributed by atoms with Gasteiger partial charge in [-0.3, -0.25) is 0 Å². The molecule has 82 valence electrons. The van der Waals surface area contributed by atoms with Gasteiger partial charge in [0, 0.05) is 12.0 Å². The van der Waals surface area contributed by atoms with E-state index in [0.29, 0.717) is 17.6 Å². The van der Waals surface area contributed by atoms with E-state index in [-0.39, 0.29) is 12.0 Å². The second kappa shape index (κ2) is 3.53. The van der Waals surface area contributed by atoms with E-state index < -0.39 is 0 Å². The molecule has 15 heavy (non-hydrogen) atoms. The fourth-order valence-electron chi connectivity index (χ4n) is 2.74. The molecular formula is C13H18O2. The van der Waals surface area contributed by atoms with E-state index in [2.05, 4.69) is 13.8 Å². The number of phenols is 1. The Bertz CT molecular complexity index is 342. The number of hydrogen-bond donors (Lipinski definition) is 2. The summed E-state index contributed by atoms with van der Waals surface area (Å²) in [5.74, 6) is 1.22. The van der Waals surface area contributed by atoms with Crippen LogP contribution in [0.15, 0.2) is 24.3 Å². The molecule has 2 heteroatoms. The van der Waals surface area contributed by atoms with Gasteiger partial charge in [0.05, 0.1) is 0 Å². The van der Waals surface area contributed by atoms with Crippen molar-refractivity contribution in [2.75, 3.05) is 6.61 Å². The molecule has 1 fully saturated rings. The number of rotatable bonds is 3. The molecule has 0 aromatic heterocycles. The molecule has 0 aliphatic heterocycles. The molecule has 2 nitrogen and oxygen atoms in total. The van der Waals surface area contributed by atoms with Crippen LogP contribution in [0.5, 0.6) is 5.75 Å².